The summed E-state index contributed by atoms with van der Waals surface area (Å²) in [5, 5.41) is 2.49. The first kappa shape index (κ1) is 17.3. The molecule has 1 rings (SSSR count). The molecule has 0 aliphatic carbocycles. The molecule has 7 heteroatoms. The molecule has 0 aromatic heterocycles. The summed E-state index contributed by atoms with van der Waals surface area (Å²) in [7, 11) is 2.65. The molecule has 1 aromatic carbocycles. The van der Waals surface area contributed by atoms with E-state index in [0.29, 0.717) is 17.9 Å². The summed E-state index contributed by atoms with van der Waals surface area (Å²) < 4.78 is 23.3. The van der Waals surface area contributed by atoms with E-state index < -0.39 is 23.7 Å². The van der Waals surface area contributed by atoms with Crippen molar-refractivity contribution in [2.24, 2.45) is 0 Å². The minimum atomic E-state index is -0.795. The Bertz CT molecular complexity index is 510. The van der Waals surface area contributed by atoms with Crippen molar-refractivity contribution in [2.75, 3.05) is 26.2 Å². The van der Waals surface area contributed by atoms with E-state index in [-0.39, 0.29) is 5.56 Å². The van der Waals surface area contributed by atoms with Crippen molar-refractivity contribution in [3.05, 3.63) is 29.6 Å². The second-order valence-corrected chi connectivity index (χ2v) is 5.16. The first-order chi connectivity index (χ1) is 10.0. The Morgan fingerprint density at radius 2 is 2.10 bits per heavy atom. The third-order valence-corrected chi connectivity index (χ3v) is 3.47. The summed E-state index contributed by atoms with van der Waals surface area (Å²) >= 11 is 1.54. The zero-order valence-electron chi connectivity index (χ0n) is 12.1. The number of hydrogen-bond donors (Lipinski definition) is 1. The van der Waals surface area contributed by atoms with E-state index in [9.17, 15) is 14.0 Å². The highest BCUT2D eigenvalue weighted by atomic mass is 32.2. The van der Waals surface area contributed by atoms with Gasteiger partial charge in [-0.05, 0) is 30.6 Å². The molecule has 0 saturated carbocycles. The average Bonchev–Trinajstić information content (AvgIpc) is 2.50. The van der Waals surface area contributed by atoms with Crippen LogP contribution in [-0.2, 0) is 9.53 Å². The number of nitrogens with one attached hydrogen (secondary N) is 1. The number of rotatable bonds is 7. The predicted molar refractivity (Wildman–Crippen MR) is 79.2 cm³/mol. The summed E-state index contributed by atoms with van der Waals surface area (Å²) in [6.07, 6.45) is 2.30. The van der Waals surface area contributed by atoms with Crippen molar-refractivity contribution in [2.45, 2.75) is 12.5 Å². The van der Waals surface area contributed by atoms with Gasteiger partial charge in [0.05, 0.1) is 19.8 Å². The van der Waals surface area contributed by atoms with Crippen molar-refractivity contribution in [3.8, 4) is 5.75 Å². The molecule has 0 fully saturated rings. The normalized spacial score (nSPS) is 11.6. The van der Waals surface area contributed by atoms with Gasteiger partial charge in [-0.1, -0.05) is 0 Å². The molecule has 0 aliphatic rings. The Kier molecular flexibility index (Phi) is 7.01. The van der Waals surface area contributed by atoms with Gasteiger partial charge in [0, 0.05) is 6.07 Å². The molecular formula is C14H18FNO4S. The number of amides is 1. The number of carbonyl (C=O) groups is 2. The lowest BCUT2D eigenvalue weighted by molar-refractivity contribution is -0.142. The van der Waals surface area contributed by atoms with E-state index in [1.54, 1.807) is 0 Å². The van der Waals surface area contributed by atoms with Crippen LogP contribution in [0.1, 0.15) is 16.8 Å². The summed E-state index contributed by atoms with van der Waals surface area (Å²) in [6.45, 7) is 0. The molecule has 1 aromatic rings. The SMILES string of the molecule is COC(=O)[C@@H](CCSC)NC(=O)c1ccc(OC)cc1F. The molecule has 21 heavy (non-hydrogen) atoms. The van der Waals surface area contributed by atoms with Crippen LogP contribution in [0.4, 0.5) is 4.39 Å². The maximum atomic E-state index is 13.8. The van der Waals surface area contributed by atoms with Crippen molar-refractivity contribution in [3.63, 3.8) is 0 Å². The highest BCUT2D eigenvalue weighted by molar-refractivity contribution is 7.98. The number of carbonyl (C=O) groups excluding carboxylic acids is 2. The van der Waals surface area contributed by atoms with Gasteiger partial charge in [0.2, 0.25) is 0 Å². The number of benzene rings is 1. The lowest BCUT2D eigenvalue weighted by Crippen LogP contribution is -2.42. The molecular weight excluding hydrogens is 297 g/mol. The molecule has 1 atom stereocenters. The molecule has 1 N–H and O–H groups in total. The number of thioether (sulfide) groups is 1. The monoisotopic (exact) mass is 315 g/mol. The van der Waals surface area contributed by atoms with Gasteiger partial charge >= 0.3 is 5.97 Å². The highest BCUT2D eigenvalue weighted by Gasteiger charge is 2.23. The minimum absolute atomic E-state index is 0.145. The maximum Gasteiger partial charge on any atom is 0.328 e. The van der Waals surface area contributed by atoms with Crippen molar-refractivity contribution in [1.29, 1.82) is 0 Å². The van der Waals surface area contributed by atoms with Gasteiger partial charge in [-0.15, -0.1) is 0 Å². The molecule has 0 unspecified atom stereocenters. The van der Waals surface area contributed by atoms with Crippen LogP contribution in [-0.4, -0.2) is 44.1 Å². The van der Waals surface area contributed by atoms with Crippen molar-refractivity contribution in [1.82, 2.24) is 5.32 Å². The van der Waals surface area contributed by atoms with Gasteiger partial charge in [-0.3, -0.25) is 4.79 Å². The van der Waals surface area contributed by atoms with E-state index in [1.165, 1.54) is 38.1 Å². The number of esters is 1. The summed E-state index contributed by atoms with van der Waals surface area (Å²) in [4.78, 5) is 23.7. The second-order valence-electron chi connectivity index (χ2n) is 4.18. The molecule has 116 valence electrons. The molecule has 5 nitrogen and oxygen atoms in total. The largest absolute Gasteiger partial charge is 0.497 e. The predicted octanol–water partition coefficient (Wildman–Crippen LogP) is 1.86. The quantitative estimate of drug-likeness (QED) is 0.778. The van der Waals surface area contributed by atoms with Crippen LogP contribution < -0.4 is 10.1 Å². The third kappa shape index (κ3) is 4.93. The molecule has 0 spiro atoms. The molecule has 1 amide bonds. The molecule has 0 bridgehead atoms. The fourth-order valence-corrected chi connectivity index (χ4v) is 2.14. The fraction of sp³-hybridized carbons (Fsp3) is 0.429. The maximum absolute atomic E-state index is 13.8. The van der Waals surface area contributed by atoms with Gasteiger partial charge in [0.25, 0.3) is 5.91 Å². The standard InChI is InChI=1S/C14H18FNO4S/c1-19-9-4-5-10(11(15)8-9)13(17)16-12(6-7-21-3)14(18)20-2/h4-5,8,12H,6-7H2,1-3H3,(H,16,17)/t12-/m1/s1. The third-order valence-electron chi connectivity index (χ3n) is 2.82. The topological polar surface area (TPSA) is 64.6 Å². The smallest absolute Gasteiger partial charge is 0.328 e. The van der Waals surface area contributed by atoms with E-state index in [2.05, 4.69) is 10.1 Å². The van der Waals surface area contributed by atoms with Crippen LogP contribution in [0.3, 0.4) is 0 Å². The average molecular weight is 315 g/mol. The van der Waals surface area contributed by atoms with Gasteiger partial charge in [0.15, 0.2) is 0 Å². The molecule has 0 radical (unpaired) electrons. The van der Waals surface area contributed by atoms with E-state index in [0.717, 1.165) is 6.07 Å². The fourth-order valence-electron chi connectivity index (χ4n) is 1.67. The Hall–Kier alpha value is -1.76. The van der Waals surface area contributed by atoms with Crippen LogP contribution in [0.15, 0.2) is 18.2 Å². The zero-order valence-corrected chi connectivity index (χ0v) is 13.0. The number of hydrogen-bond acceptors (Lipinski definition) is 5. The summed E-state index contributed by atoms with van der Waals surface area (Å²) in [5.41, 5.74) is -0.145. The number of methoxy groups -OCH3 is 2. The van der Waals surface area contributed by atoms with E-state index in [4.69, 9.17) is 4.74 Å². The minimum Gasteiger partial charge on any atom is -0.497 e. The zero-order chi connectivity index (χ0) is 15.8. The Morgan fingerprint density at radius 3 is 2.62 bits per heavy atom. The Balaban J connectivity index is 2.83. The number of ether oxygens (including phenoxy) is 2. The summed E-state index contributed by atoms with van der Waals surface area (Å²) in [5.74, 6) is -0.931. The first-order valence-electron chi connectivity index (χ1n) is 6.24. The second kappa shape index (κ2) is 8.51. The Labute approximate surface area is 127 Å². The highest BCUT2D eigenvalue weighted by Crippen LogP contribution is 2.16. The molecule has 0 saturated heterocycles. The Morgan fingerprint density at radius 1 is 1.38 bits per heavy atom. The lowest BCUT2D eigenvalue weighted by atomic mass is 10.1. The van der Waals surface area contributed by atoms with Crippen molar-refractivity contribution >= 4 is 23.6 Å². The van der Waals surface area contributed by atoms with Gasteiger partial charge in [-0.2, -0.15) is 11.8 Å². The van der Waals surface area contributed by atoms with E-state index >= 15 is 0 Å². The lowest BCUT2D eigenvalue weighted by Gasteiger charge is -2.16. The van der Waals surface area contributed by atoms with E-state index in [1.807, 2.05) is 6.26 Å². The molecule has 0 aliphatic heterocycles. The van der Waals surface area contributed by atoms with Crippen LogP contribution >= 0.6 is 11.8 Å². The van der Waals surface area contributed by atoms with Crippen LogP contribution in [0, 0.1) is 5.82 Å². The van der Waals surface area contributed by atoms with Crippen LogP contribution in [0.2, 0.25) is 0 Å². The summed E-state index contributed by atoms with van der Waals surface area (Å²) in [6, 6.07) is 3.11. The van der Waals surface area contributed by atoms with Gasteiger partial charge < -0.3 is 14.8 Å². The van der Waals surface area contributed by atoms with Crippen LogP contribution in [0.5, 0.6) is 5.75 Å². The molecule has 0 heterocycles. The first-order valence-corrected chi connectivity index (χ1v) is 7.64. The number of halogens is 1. The van der Waals surface area contributed by atoms with Gasteiger partial charge in [0.1, 0.15) is 17.6 Å². The van der Waals surface area contributed by atoms with Crippen molar-refractivity contribution < 1.29 is 23.5 Å². The van der Waals surface area contributed by atoms with Gasteiger partial charge in [-0.25, -0.2) is 9.18 Å². The van der Waals surface area contributed by atoms with Crippen LogP contribution in [0.25, 0.3) is 0 Å².